The van der Waals surface area contributed by atoms with Crippen molar-refractivity contribution < 1.29 is 9.21 Å². The predicted molar refractivity (Wildman–Crippen MR) is 62.3 cm³/mol. The van der Waals surface area contributed by atoms with Gasteiger partial charge in [-0.25, -0.2) is 0 Å². The third kappa shape index (κ3) is 2.46. The lowest BCUT2D eigenvalue weighted by Gasteiger charge is -2.26. The van der Waals surface area contributed by atoms with Crippen LogP contribution in [0.1, 0.15) is 48.9 Å². The van der Waals surface area contributed by atoms with Crippen molar-refractivity contribution in [1.29, 1.82) is 0 Å². The summed E-state index contributed by atoms with van der Waals surface area (Å²) < 4.78 is 4.95. The molecule has 1 amide bonds. The zero-order valence-electron chi connectivity index (χ0n) is 9.82. The van der Waals surface area contributed by atoms with Crippen molar-refractivity contribution in [3.8, 4) is 0 Å². The fraction of sp³-hybridized carbons (Fsp3) is 0.615. The molecule has 2 rings (SSSR count). The molecule has 16 heavy (non-hydrogen) atoms. The van der Waals surface area contributed by atoms with E-state index in [0.717, 1.165) is 12.8 Å². The van der Waals surface area contributed by atoms with Crippen molar-refractivity contribution in [2.24, 2.45) is 0 Å². The van der Waals surface area contributed by atoms with Gasteiger partial charge in [-0.15, -0.1) is 0 Å². The average Bonchev–Trinajstić information content (AvgIpc) is 2.70. The van der Waals surface area contributed by atoms with E-state index in [-0.39, 0.29) is 5.91 Å². The second-order valence-corrected chi connectivity index (χ2v) is 4.57. The molecule has 0 atom stereocenters. The highest BCUT2D eigenvalue weighted by molar-refractivity contribution is 5.93. The monoisotopic (exact) mass is 221 g/mol. The Morgan fingerprint density at radius 2 is 2.00 bits per heavy atom. The molecular formula is C13H19NO2. The number of nitrogens with zero attached hydrogens (tertiary/aromatic N) is 1. The van der Waals surface area contributed by atoms with Crippen LogP contribution in [0.5, 0.6) is 0 Å². The summed E-state index contributed by atoms with van der Waals surface area (Å²) in [6.45, 7) is 0. The lowest BCUT2D eigenvalue weighted by molar-refractivity contribution is 0.0717. The molecule has 3 nitrogen and oxygen atoms in total. The maximum Gasteiger partial charge on any atom is 0.257 e. The first-order chi connectivity index (χ1) is 7.79. The van der Waals surface area contributed by atoms with E-state index in [4.69, 9.17) is 4.42 Å². The minimum atomic E-state index is 0.0839. The van der Waals surface area contributed by atoms with Gasteiger partial charge in [-0.3, -0.25) is 4.79 Å². The van der Waals surface area contributed by atoms with Crippen LogP contribution in [0, 0.1) is 0 Å². The first-order valence-electron chi connectivity index (χ1n) is 6.08. The van der Waals surface area contributed by atoms with Gasteiger partial charge in [0.05, 0.1) is 11.8 Å². The molecule has 0 bridgehead atoms. The number of hydrogen-bond donors (Lipinski definition) is 0. The highest BCUT2D eigenvalue weighted by atomic mass is 16.3. The normalized spacial score (nSPS) is 18.1. The summed E-state index contributed by atoms with van der Waals surface area (Å²) in [5.74, 6) is 0.0839. The molecule has 1 heterocycles. The quantitative estimate of drug-likeness (QED) is 0.719. The Morgan fingerprint density at radius 3 is 2.56 bits per heavy atom. The highest BCUT2D eigenvalue weighted by Gasteiger charge is 2.22. The van der Waals surface area contributed by atoms with Gasteiger partial charge in [0.25, 0.3) is 5.91 Å². The first kappa shape index (κ1) is 11.2. The first-order valence-corrected chi connectivity index (χ1v) is 6.08. The van der Waals surface area contributed by atoms with E-state index in [1.807, 2.05) is 11.9 Å². The number of furan rings is 1. The third-order valence-electron chi connectivity index (χ3n) is 3.46. The molecule has 0 saturated heterocycles. The molecule has 1 aromatic rings. The summed E-state index contributed by atoms with van der Waals surface area (Å²) in [7, 11) is 1.91. The number of carbonyl (C=O) groups excluding carboxylic acids is 1. The Labute approximate surface area is 96.4 Å². The third-order valence-corrected chi connectivity index (χ3v) is 3.46. The van der Waals surface area contributed by atoms with Crippen LogP contribution >= 0.6 is 0 Å². The van der Waals surface area contributed by atoms with E-state index in [1.54, 1.807) is 12.3 Å². The number of carbonyl (C=O) groups is 1. The summed E-state index contributed by atoms with van der Waals surface area (Å²) in [5.41, 5.74) is 0.659. The largest absolute Gasteiger partial charge is 0.472 e. The molecule has 0 N–H and O–H groups in total. The van der Waals surface area contributed by atoms with Gasteiger partial charge in [0.1, 0.15) is 6.26 Å². The molecule has 0 spiro atoms. The molecule has 1 aliphatic carbocycles. The van der Waals surface area contributed by atoms with E-state index in [2.05, 4.69) is 0 Å². The maximum atomic E-state index is 12.1. The number of amides is 1. The van der Waals surface area contributed by atoms with Crippen LogP contribution in [0.3, 0.4) is 0 Å². The van der Waals surface area contributed by atoms with Gasteiger partial charge in [0.15, 0.2) is 0 Å². The van der Waals surface area contributed by atoms with Crippen molar-refractivity contribution in [3.05, 3.63) is 24.2 Å². The van der Waals surface area contributed by atoms with Crippen LogP contribution in [0.2, 0.25) is 0 Å². The lowest BCUT2D eigenvalue weighted by atomic mass is 10.1. The van der Waals surface area contributed by atoms with Gasteiger partial charge in [0, 0.05) is 13.1 Å². The molecule has 0 aromatic carbocycles. The molecule has 1 saturated carbocycles. The van der Waals surface area contributed by atoms with E-state index in [1.165, 1.54) is 31.9 Å². The van der Waals surface area contributed by atoms with Crippen molar-refractivity contribution in [2.45, 2.75) is 44.6 Å². The maximum absolute atomic E-state index is 12.1. The van der Waals surface area contributed by atoms with Crippen LogP contribution in [0.4, 0.5) is 0 Å². The smallest absolute Gasteiger partial charge is 0.257 e. The van der Waals surface area contributed by atoms with Gasteiger partial charge in [-0.1, -0.05) is 25.7 Å². The van der Waals surface area contributed by atoms with Crippen molar-refractivity contribution in [3.63, 3.8) is 0 Å². The predicted octanol–water partition coefficient (Wildman–Crippen LogP) is 3.07. The summed E-state index contributed by atoms with van der Waals surface area (Å²) >= 11 is 0. The molecule has 1 aliphatic rings. The molecule has 0 unspecified atom stereocenters. The molecule has 1 fully saturated rings. The van der Waals surface area contributed by atoms with Crippen LogP contribution in [-0.2, 0) is 0 Å². The van der Waals surface area contributed by atoms with E-state index < -0.39 is 0 Å². The fourth-order valence-corrected chi connectivity index (χ4v) is 2.40. The topological polar surface area (TPSA) is 33.5 Å². The van der Waals surface area contributed by atoms with Gasteiger partial charge in [-0.2, -0.15) is 0 Å². The fourth-order valence-electron chi connectivity index (χ4n) is 2.40. The Bertz CT molecular complexity index is 324. The summed E-state index contributed by atoms with van der Waals surface area (Å²) in [4.78, 5) is 14.0. The summed E-state index contributed by atoms with van der Waals surface area (Å²) in [6, 6.07) is 2.14. The Kier molecular flexibility index (Phi) is 3.65. The van der Waals surface area contributed by atoms with Gasteiger partial charge >= 0.3 is 0 Å². The molecule has 0 radical (unpaired) electrons. The van der Waals surface area contributed by atoms with Crippen molar-refractivity contribution in [2.75, 3.05) is 7.05 Å². The van der Waals surface area contributed by atoms with E-state index >= 15 is 0 Å². The Hall–Kier alpha value is -1.25. The minimum Gasteiger partial charge on any atom is -0.472 e. The van der Waals surface area contributed by atoms with E-state index in [9.17, 15) is 4.79 Å². The van der Waals surface area contributed by atoms with Gasteiger partial charge < -0.3 is 9.32 Å². The SMILES string of the molecule is CN(C(=O)c1ccoc1)C1CCCCCC1. The summed E-state index contributed by atoms with van der Waals surface area (Å²) in [6.07, 6.45) is 10.5. The van der Waals surface area contributed by atoms with Crippen molar-refractivity contribution >= 4 is 5.91 Å². The molecular weight excluding hydrogens is 202 g/mol. The molecule has 88 valence electrons. The van der Waals surface area contributed by atoms with Crippen LogP contribution in [0.25, 0.3) is 0 Å². The molecule has 0 aliphatic heterocycles. The van der Waals surface area contributed by atoms with Crippen LogP contribution in [-0.4, -0.2) is 23.9 Å². The second kappa shape index (κ2) is 5.19. The minimum absolute atomic E-state index is 0.0839. The Balaban J connectivity index is 2.00. The van der Waals surface area contributed by atoms with Crippen LogP contribution < -0.4 is 0 Å². The standard InChI is InChI=1S/C13H19NO2/c1-14(12-6-4-2-3-5-7-12)13(15)11-8-9-16-10-11/h8-10,12H,2-7H2,1H3. The molecule has 3 heteroatoms. The van der Waals surface area contributed by atoms with Crippen LogP contribution in [0.15, 0.2) is 23.0 Å². The van der Waals surface area contributed by atoms with E-state index in [0.29, 0.717) is 11.6 Å². The number of hydrogen-bond acceptors (Lipinski definition) is 2. The Morgan fingerprint density at radius 1 is 1.31 bits per heavy atom. The zero-order valence-corrected chi connectivity index (χ0v) is 9.82. The number of rotatable bonds is 2. The second-order valence-electron chi connectivity index (χ2n) is 4.57. The summed E-state index contributed by atoms with van der Waals surface area (Å²) in [5, 5.41) is 0. The zero-order chi connectivity index (χ0) is 11.4. The molecule has 1 aromatic heterocycles. The van der Waals surface area contributed by atoms with Gasteiger partial charge in [-0.05, 0) is 18.9 Å². The lowest BCUT2D eigenvalue weighted by Crippen LogP contribution is -2.36. The van der Waals surface area contributed by atoms with Crippen molar-refractivity contribution in [1.82, 2.24) is 4.90 Å². The highest BCUT2D eigenvalue weighted by Crippen LogP contribution is 2.22. The van der Waals surface area contributed by atoms with Gasteiger partial charge in [0.2, 0.25) is 0 Å². The average molecular weight is 221 g/mol.